The molecule has 1 saturated carbocycles. The van der Waals surface area contributed by atoms with E-state index in [2.05, 4.69) is 125 Å². The predicted molar refractivity (Wildman–Crippen MR) is 294 cm³/mol. The lowest BCUT2D eigenvalue weighted by molar-refractivity contribution is 0.262. The Balaban J connectivity index is 0.000000155. The van der Waals surface area contributed by atoms with E-state index in [1.165, 1.54) is 58.2 Å². The summed E-state index contributed by atoms with van der Waals surface area (Å²) in [4.78, 5) is 0. The summed E-state index contributed by atoms with van der Waals surface area (Å²) < 4.78 is 39.6. The van der Waals surface area contributed by atoms with Gasteiger partial charge in [-0.05, 0) is 153 Å². The third-order valence-corrected chi connectivity index (χ3v) is 11.4. The highest BCUT2D eigenvalue weighted by Gasteiger charge is 2.24. The quantitative estimate of drug-likeness (QED) is 0.107. The van der Waals surface area contributed by atoms with Crippen LogP contribution in [0, 0.1) is 12.8 Å². The van der Waals surface area contributed by atoms with Crippen molar-refractivity contribution < 1.29 is 33.2 Å². The van der Waals surface area contributed by atoms with Gasteiger partial charge in [0.25, 0.3) is 0 Å². The molecule has 368 valence electrons. The summed E-state index contributed by atoms with van der Waals surface area (Å²) in [5, 5.41) is 9.36. The monoisotopic (exact) mass is 951 g/mol. The zero-order chi connectivity index (χ0) is 48.5. The van der Waals surface area contributed by atoms with Crippen LogP contribution in [0.1, 0.15) is 66.4 Å². The molecule has 2 aliphatic heterocycles. The molecule has 0 spiro atoms. The van der Waals surface area contributed by atoms with Crippen LogP contribution >= 0.6 is 0 Å². The Hall–Kier alpha value is -7.06. The van der Waals surface area contributed by atoms with Crippen LogP contribution in [-0.2, 0) is 9.47 Å². The molecule has 12 rings (SSSR count). The van der Waals surface area contributed by atoms with Gasteiger partial charge < -0.3 is 33.2 Å². The maximum absolute atomic E-state index is 6.10. The molecule has 0 radical (unpaired) electrons. The van der Waals surface area contributed by atoms with Crippen molar-refractivity contribution in [2.75, 3.05) is 33.0 Å². The Morgan fingerprint density at radius 1 is 0.380 bits per heavy atom. The van der Waals surface area contributed by atoms with E-state index < -0.39 is 0 Å². The van der Waals surface area contributed by atoms with E-state index in [9.17, 15) is 0 Å². The number of rotatable bonds is 13. The zero-order valence-corrected chi connectivity index (χ0v) is 41.3. The summed E-state index contributed by atoms with van der Waals surface area (Å²) in [5.41, 5.74) is 1.18. The Labute approximate surface area is 421 Å². The average Bonchev–Trinajstić information content (AvgIpc) is 4.22. The van der Waals surface area contributed by atoms with Gasteiger partial charge in [0, 0.05) is 0 Å². The van der Waals surface area contributed by atoms with Gasteiger partial charge in [-0.2, -0.15) is 0 Å². The van der Waals surface area contributed by atoms with Gasteiger partial charge in [0.15, 0.2) is 0 Å². The largest absolute Gasteiger partial charge is 0.493 e. The number of hydrogen-bond acceptors (Lipinski definition) is 7. The van der Waals surface area contributed by atoms with Crippen molar-refractivity contribution in [3.63, 3.8) is 0 Å². The minimum absolute atomic E-state index is 0. The third kappa shape index (κ3) is 16.2. The fourth-order valence-electron chi connectivity index (χ4n) is 7.36. The van der Waals surface area contributed by atoms with E-state index in [1.807, 2.05) is 91.9 Å². The number of para-hydroxylation sites is 1. The molecule has 7 heteroatoms. The zero-order valence-electron chi connectivity index (χ0n) is 41.3. The first kappa shape index (κ1) is 51.8. The molecule has 9 aromatic carbocycles. The van der Waals surface area contributed by atoms with E-state index in [0.29, 0.717) is 19.3 Å². The highest BCUT2D eigenvalue weighted by atomic mass is 16.6. The Morgan fingerprint density at radius 2 is 0.704 bits per heavy atom. The van der Waals surface area contributed by atoms with E-state index in [4.69, 9.17) is 33.2 Å². The van der Waals surface area contributed by atoms with Crippen molar-refractivity contribution in [1.29, 1.82) is 0 Å². The smallest absolute Gasteiger partial charge is 0.128 e. The van der Waals surface area contributed by atoms with Crippen LogP contribution in [0.3, 0.4) is 0 Å². The molecular weight excluding hydrogens is 881 g/mol. The normalized spacial score (nSPS) is 14.9. The lowest BCUT2D eigenvalue weighted by Gasteiger charge is -2.10. The Morgan fingerprint density at radius 3 is 1.11 bits per heavy atom. The van der Waals surface area contributed by atoms with Gasteiger partial charge in [0.1, 0.15) is 65.7 Å². The van der Waals surface area contributed by atoms with Crippen LogP contribution in [0.25, 0.3) is 43.1 Å². The molecular formula is C64H70O7. The molecule has 1 aliphatic carbocycles. The number of benzene rings is 9. The van der Waals surface area contributed by atoms with Crippen molar-refractivity contribution in [3.05, 3.63) is 188 Å². The van der Waals surface area contributed by atoms with Gasteiger partial charge >= 0.3 is 0 Å². The van der Waals surface area contributed by atoms with Crippen molar-refractivity contribution in [1.82, 2.24) is 0 Å². The standard InChI is InChI=1S/C24H20O2.C23H18O3.C10H12O2.2C3H8.CH4/c1-2-4-20-13-23(11-8-18(20)3-1)26-24-12-9-19-7-10-22(14-21(19)15-24)25-16-17-5-6-17;1-2-4-18-11-21(9-6-16(18)3-1)26-22-10-7-17-5-8-20(12-19(17)13-22)24-14-23-15-25-23;1-8-4-2-3-5-10(8)12-7-9-6-11-9;2*1-3-2;/h1-4,7-15,17H,5-6,16H2;1-13,23H,14-15H2;2-5,9H,6-7H2,1H3;2*3H2,1-2H3;1H4. The summed E-state index contributed by atoms with van der Waals surface area (Å²) in [6, 6.07) is 61.6. The fraction of sp³-hybridized carbons (Fsp3) is 0.281. The molecule has 3 fully saturated rings. The molecule has 2 saturated heterocycles. The maximum atomic E-state index is 6.10. The van der Waals surface area contributed by atoms with Crippen molar-refractivity contribution >= 4 is 43.1 Å². The van der Waals surface area contributed by atoms with Crippen LogP contribution < -0.4 is 23.7 Å². The van der Waals surface area contributed by atoms with Crippen molar-refractivity contribution in [3.8, 4) is 40.2 Å². The molecule has 0 aromatic heterocycles. The molecule has 0 amide bonds. The number of ether oxygens (including phenoxy) is 7. The molecule has 0 bridgehead atoms. The second-order valence-corrected chi connectivity index (χ2v) is 18.0. The highest BCUT2D eigenvalue weighted by molar-refractivity contribution is 5.87. The first-order chi connectivity index (χ1) is 34.4. The molecule has 9 aromatic rings. The minimum atomic E-state index is 0. The first-order valence-electron chi connectivity index (χ1n) is 24.9. The summed E-state index contributed by atoms with van der Waals surface area (Å²) in [6.07, 6.45) is 5.70. The topological polar surface area (TPSA) is 71.2 Å². The van der Waals surface area contributed by atoms with Crippen molar-refractivity contribution in [2.24, 2.45) is 5.92 Å². The van der Waals surface area contributed by atoms with Gasteiger partial charge in [0.2, 0.25) is 0 Å². The summed E-state index contributed by atoms with van der Waals surface area (Å²) >= 11 is 0. The summed E-state index contributed by atoms with van der Waals surface area (Å²) in [5.74, 6) is 6.86. The third-order valence-electron chi connectivity index (χ3n) is 11.4. The Bertz CT molecular complexity index is 2880. The van der Waals surface area contributed by atoms with E-state index in [-0.39, 0.29) is 13.5 Å². The SMILES string of the molecule is C.CCC.CCC.Cc1ccccc1OCC1CO1.c1ccc2cc(Oc3ccc4ccc(OCC5CC5)cc4c3)ccc2c1.c1ccc2cc(Oc3ccc4ccc(OCC5CO5)cc4c3)ccc2c1. The number of epoxide rings is 2. The average molecular weight is 951 g/mol. The molecule has 3 aliphatic rings. The van der Waals surface area contributed by atoms with Gasteiger partial charge in [-0.1, -0.05) is 151 Å². The van der Waals surface area contributed by atoms with Crippen LogP contribution in [0.5, 0.6) is 40.2 Å². The second kappa shape index (κ2) is 26.2. The van der Waals surface area contributed by atoms with Gasteiger partial charge in [-0.25, -0.2) is 0 Å². The predicted octanol–water partition coefficient (Wildman–Crippen LogP) is 17.4. The number of hydrogen-bond donors (Lipinski definition) is 0. The minimum Gasteiger partial charge on any atom is -0.493 e. The van der Waals surface area contributed by atoms with E-state index in [0.717, 1.165) is 82.1 Å². The van der Waals surface area contributed by atoms with Crippen LogP contribution in [0.15, 0.2) is 182 Å². The molecule has 7 nitrogen and oxygen atoms in total. The summed E-state index contributed by atoms with van der Waals surface area (Å²) in [7, 11) is 0. The molecule has 2 atom stereocenters. The second-order valence-electron chi connectivity index (χ2n) is 18.0. The number of fused-ring (bicyclic) bond motifs is 4. The lowest BCUT2D eigenvalue weighted by atomic mass is 10.1. The lowest BCUT2D eigenvalue weighted by Crippen LogP contribution is -2.04. The molecule has 71 heavy (non-hydrogen) atoms. The van der Waals surface area contributed by atoms with Gasteiger partial charge in [0.05, 0.1) is 19.8 Å². The Kier molecular flexibility index (Phi) is 19.1. The molecule has 2 unspecified atom stereocenters. The molecule has 0 N–H and O–H groups in total. The van der Waals surface area contributed by atoms with E-state index in [1.54, 1.807) is 0 Å². The van der Waals surface area contributed by atoms with Crippen LogP contribution in [0.4, 0.5) is 0 Å². The van der Waals surface area contributed by atoms with Gasteiger partial charge in [-0.15, -0.1) is 0 Å². The van der Waals surface area contributed by atoms with E-state index >= 15 is 0 Å². The number of aryl methyl sites for hydroxylation is 1. The van der Waals surface area contributed by atoms with Gasteiger partial charge in [-0.3, -0.25) is 0 Å². The van der Waals surface area contributed by atoms with Crippen molar-refractivity contribution in [2.45, 2.75) is 79.9 Å². The fourth-order valence-corrected chi connectivity index (χ4v) is 7.36. The van der Waals surface area contributed by atoms with Crippen LogP contribution in [0.2, 0.25) is 0 Å². The highest BCUT2D eigenvalue weighted by Crippen LogP contribution is 2.33. The summed E-state index contributed by atoms with van der Waals surface area (Å²) in [6.45, 7) is 14.3. The first-order valence-corrected chi connectivity index (χ1v) is 24.9. The van der Waals surface area contributed by atoms with Crippen LogP contribution in [-0.4, -0.2) is 45.2 Å². The maximum Gasteiger partial charge on any atom is 0.128 e. The molecule has 2 heterocycles.